The van der Waals surface area contributed by atoms with Crippen molar-refractivity contribution >= 4 is 0 Å². The molecule has 0 bridgehead atoms. The van der Waals surface area contributed by atoms with Gasteiger partial charge in [-0.05, 0) is 23.5 Å². The number of piperazine rings is 1. The van der Waals surface area contributed by atoms with Gasteiger partial charge in [0.1, 0.15) is 0 Å². The molecule has 0 spiro atoms. The van der Waals surface area contributed by atoms with Crippen LogP contribution < -0.4 is 5.32 Å². The van der Waals surface area contributed by atoms with E-state index in [0.717, 1.165) is 13.1 Å². The van der Waals surface area contributed by atoms with Gasteiger partial charge >= 0.3 is 0 Å². The van der Waals surface area contributed by atoms with Crippen LogP contribution in [0.3, 0.4) is 0 Å². The fourth-order valence-electron chi connectivity index (χ4n) is 2.85. The summed E-state index contributed by atoms with van der Waals surface area (Å²) < 4.78 is 0. The van der Waals surface area contributed by atoms with Crippen LogP contribution in [-0.2, 0) is 6.54 Å². The molecule has 1 aromatic rings. The van der Waals surface area contributed by atoms with Gasteiger partial charge in [-0.15, -0.1) is 0 Å². The molecular weight excluding hydrogens is 232 g/mol. The Hall–Kier alpha value is -0.860. The van der Waals surface area contributed by atoms with Gasteiger partial charge in [-0.25, -0.2) is 0 Å². The lowest BCUT2D eigenvalue weighted by molar-refractivity contribution is 0.187. The summed E-state index contributed by atoms with van der Waals surface area (Å²) in [5.74, 6) is 0.627. The molecule has 2 rings (SSSR count). The molecule has 1 aliphatic rings. The third-order valence-corrected chi connectivity index (χ3v) is 4.03. The highest BCUT2D eigenvalue weighted by atomic mass is 15.2. The van der Waals surface area contributed by atoms with Crippen molar-refractivity contribution in [1.29, 1.82) is 0 Å². The third-order valence-electron chi connectivity index (χ3n) is 4.03. The summed E-state index contributed by atoms with van der Waals surface area (Å²) in [6, 6.07) is 9.85. The zero-order chi connectivity index (χ0) is 13.7. The Labute approximate surface area is 118 Å². The van der Waals surface area contributed by atoms with Crippen LogP contribution in [-0.4, -0.2) is 30.6 Å². The molecule has 0 saturated carbocycles. The van der Waals surface area contributed by atoms with Gasteiger partial charge in [-0.3, -0.25) is 4.90 Å². The molecule has 2 heteroatoms. The van der Waals surface area contributed by atoms with Gasteiger partial charge in [0.15, 0.2) is 0 Å². The van der Waals surface area contributed by atoms with E-state index in [1.165, 1.54) is 37.1 Å². The Kier molecular flexibility index (Phi) is 5.41. The molecule has 0 amide bonds. The minimum Gasteiger partial charge on any atom is -0.311 e. The number of nitrogens with one attached hydrogen (secondary N) is 1. The highest BCUT2D eigenvalue weighted by molar-refractivity contribution is 5.24. The lowest BCUT2D eigenvalue weighted by Gasteiger charge is -2.33. The lowest BCUT2D eigenvalue weighted by Crippen LogP contribution is -2.50. The second-order valence-corrected chi connectivity index (χ2v) is 6.07. The molecule has 1 aromatic carbocycles. The summed E-state index contributed by atoms with van der Waals surface area (Å²) in [4.78, 5) is 2.58. The zero-order valence-electron chi connectivity index (χ0n) is 12.7. The van der Waals surface area contributed by atoms with Crippen LogP contribution in [0, 0.1) is 0 Å². The Bertz CT molecular complexity index is 367. The molecule has 2 nitrogen and oxygen atoms in total. The average molecular weight is 260 g/mol. The normalized spacial score (nSPS) is 20.9. The van der Waals surface area contributed by atoms with Crippen molar-refractivity contribution in [3.8, 4) is 0 Å². The predicted molar refractivity (Wildman–Crippen MR) is 82.5 cm³/mol. The fourth-order valence-corrected chi connectivity index (χ4v) is 2.85. The third kappa shape index (κ3) is 4.32. The first-order valence-electron chi connectivity index (χ1n) is 7.73. The van der Waals surface area contributed by atoms with E-state index in [-0.39, 0.29) is 0 Å². The van der Waals surface area contributed by atoms with Crippen LogP contribution in [0.5, 0.6) is 0 Å². The summed E-state index contributed by atoms with van der Waals surface area (Å²) in [6.07, 6.45) is 2.57. The van der Waals surface area contributed by atoms with Crippen LogP contribution in [0.15, 0.2) is 24.3 Å². The largest absolute Gasteiger partial charge is 0.311 e. The number of nitrogens with zero attached hydrogens (tertiary/aromatic N) is 1. The van der Waals surface area contributed by atoms with Crippen molar-refractivity contribution in [2.45, 2.75) is 52.1 Å². The standard InChI is InChI=1S/C17H28N2/c1-4-5-17-13-19(11-10-18-17)12-15-6-8-16(9-7-15)14(2)3/h6-9,14,17-18H,4-5,10-13H2,1-3H3. The average Bonchev–Trinajstić information content (AvgIpc) is 2.40. The number of hydrogen-bond acceptors (Lipinski definition) is 2. The number of benzene rings is 1. The molecule has 1 unspecified atom stereocenters. The van der Waals surface area contributed by atoms with Crippen LogP contribution in [0.1, 0.15) is 50.7 Å². The highest BCUT2D eigenvalue weighted by Crippen LogP contribution is 2.16. The van der Waals surface area contributed by atoms with Crippen LogP contribution in [0.2, 0.25) is 0 Å². The maximum atomic E-state index is 3.62. The summed E-state index contributed by atoms with van der Waals surface area (Å²) in [5, 5.41) is 3.62. The monoisotopic (exact) mass is 260 g/mol. The Morgan fingerprint density at radius 3 is 2.63 bits per heavy atom. The van der Waals surface area contributed by atoms with E-state index in [4.69, 9.17) is 0 Å². The van der Waals surface area contributed by atoms with Gasteiger partial charge in [0.25, 0.3) is 0 Å². The van der Waals surface area contributed by atoms with E-state index in [9.17, 15) is 0 Å². The van der Waals surface area contributed by atoms with E-state index < -0.39 is 0 Å². The molecule has 19 heavy (non-hydrogen) atoms. The van der Waals surface area contributed by atoms with E-state index in [1.54, 1.807) is 0 Å². The van der Waals surface area contributed by atoms with Crippen molar-refractivity contribution in [3.05, 3.63) is 35.4 Å². The first-order valence-corrected chi connectivity index (χ1v) is 7.73. The maximum Gasteiger partial charge on any atom is 0.0234 e. The molecule has 0 aliphatic carbocycles. The van der Waals surface area contributed by atoms with Crippen LogP contribution >= 0.6 is 0 Å². The minimum absolute atomic E-state index is 0.627. The molecule has 1 saturated heterocycles. The second kappa shape index (κ2) is 7.06. The van der Waals surface area contributed by atoms with E-state index in [0.29, 0.717) is 12.0 Å². The first-order chi connectivity index (χ1) is 9.19. The van der Waals surface area contributed by atoms with Crippen molar-refractivity contribution in [3.63, 3.8) is 0 Å². The van der Waals surface area contributed by atoms with Crippen LogP contribution in [0.4, 0.5) is 0 Å². The second-order valence-electron chi connectivity index (χ2n) is 6.07. The molecule has 106 valence electrons. The Morgan fingerprint density at radius 2 is 2.00 bits per heavy atom. The zero-order valence-corrected chi connectivity index (χ0v) is 12.7. The summed E-state index contributed by atoms with van der Waals surface area (Å²) >= 11 is 0. The molecular formula is C17H28N2. The van der Waals surface area contributed by atoms with Gasteiger partial charge in [-0.1, -0.05) is 51.5 Å². The summed E-state index contributed by atoms with van der Waals surface area (Å²) in [5.41, 5.74) is 2.88. The van der Waals surface area contributed by atoms with Crippen molar-refractivity contribution in [2.24, 2.45) is 0 Å². The van der Waals surface area contributed by atoms with E-state index in [2.05, 4.69) is 55.3 Å². The molecule has 1 fully saturated rings. The quantitative estimate of drug-likeness (QED) is 0.873. The minimum atomic E-state index is 0.627. The summed E-state index contributed by atoms with van der Waals surface area (Å²) in [6.45, 7) is 11.4. The van der Waals surface area contributed by atoms with Gasteiger partial charge in [0.2, 0.25) is 0 Å². The summed E-state index contributed by atoms with van der Waals surface area (Å²) in [7, 11) is 0. The van der Waals surface area contributed by atoms with Crippen molar-refractivity contribution < 1.29 is 0 Å². The molecule has 1 aliphatic heterocycles. The molecule has 1 atom stereocenters. The number of hydrogen-bond donors (Lipinski definition) is 1. The van der Waals surface area contributed by atoms with Gasteiger partial charge in [-0.2, -0.15) is 0 Å². The fraction of sp³-hybridized carbons (Fsp3) is 0.647. The topological polar surface area (TPSA) is 15.3 Å². The SMILES string of the molecule is CCCC1CN(Cc2ccc(C(C)C)cc2)CCN1. The van der Waals surface area contributed by atoms with Gasteiger partial charge in [0, 0.05) is 32.2 Å². The van der Waals surface area contributed by atoms with E-state index in [1.807, 2.05) is 0 Å². The molecule has 0 aromatic heterocycles. The van der Waals surface area contributed by atoms with Gasteiger partial charge in [0.05, 0.1) is 0 Å². The molecule has 1 N–H and O–H groups in total. The van der Waals surface area contributed by atoms with Gasteiger partial charge < -0.3 is 5.32 Å². The Morgan fingerprint density at radius 1 is 1.26 bits per heavy atom. The smallest absolute Gasteiger partial charge is 0.0234 e. The first kappa shape index (κ1) is 14.5. The van der Waals surface area contributed by atoms with Crippen molar-refractivity contribution in [2.75, 3.05) is 19.6 Å². The maximum absolute atomic E-state index is 3.62. The predicted octanol–water partition coefficient (Wildman–Crippen LogP) is 3.38. The Balaban J connectivity index is 1.89. The molecule has 0 radical (unpaired) electrons. The number of rotatable bonds is 5. The van der Waals surface area contributed by atoms with Crippen LogP contribution in [0.25, 0.3) is 0 Å². The highest BCUT2D eigenvalue weighted by Gasteiger charge is 2.18. The van der Waals surface area contributed by atoms with E-state index >= 15 is 0 Å². The lowest BCUT2D eigenvalue weighted by atomic mass is 10.0. The van der Waals surface area contributed by atoms with Crippen molar-refractivity contribution in [1.82, 2.24) is 10.2 Å². The molecule has 1 heterocycles.